The number of likely N-dealkylation sites (tertiary alicyclic amines) is 1. The molecule has 3 N–H and O–H groups in total. The van der Waals surface area contributed by atoms with Gasteiger partial charge < -0.3 is 25.2 Å². The molecule has 0 aromatic heterocycles. The smallest absolute Gasteiger partial charge is 0.328 e. The van der Waals surface area contributed by atoms with Crippen molar-refractivity contribution in [3.8, 4) is 0 Å². The van der Waals surface area contributed by atoms with Crippen LogP contribution >= 0.6 is 0 Å². The van der Waals surface area contributed by atoms with Crippen molar-refractivity contribution < 1.29 is 29.0 Å². The summed E-state index contributed by atoms with van der Waals surface area (Å²) in [6, 6.07) is 35.4. The quantitative estimate of drug-likeness (QED) is 0.151. The van der Waals surface area contributed by atoms with Gasteiger partial charge in [0.1, 0.15) is 23.4 Å². The molecule has 1 amide bonds. The van der Waals surface area contributed by atoms with E-state index in [1.165, 1.54) is 7.11 Å². The van der Waals surface area contributed by atoms with Crippen LogP contribution in [0.15, 0.2) is 115 Å². The third kappa shape index (κ3) is 6.32. The van der Waals surface area contributed by atoms with Crippen molar-refractivity contribution in [2.75, 3.05) is 12.4 Å². The number of carbonyl (C=O) groups excluding carboxylic acids is 3. The molecule has 4 aromatic rings. The first-order chi connectivity index (χ1) is 23.5. The summed E-state index contributed by atoms with van der Waals surface area (Å²) >= 11 is 0. The van der Waals surface area contributed by atoms with Crippen LogP contribution in [0.2, 0.25) is 0 Å². The van der Waals surface area contributed by atoms with Crippen LogP contribution in [0.4, 0.5) is 5.69 Å². The van der Waals surface area contributed by atoms with E-state index in [1.807, 2.05) is 115 Å². The molecule has 1 saturated heterocycles. The molecule has 9 heteroatoms. The Hall–Kier alpha value is -4.99. The number of rotatable bonds is 10. The maximum Gasteiger partial charge on any atom is 0.328 e. The van der Waals surface area contributed by atoms with Crippen molar-refractivity contribution in [2.45, 2.75) is 75.0 Å². The van der Waals surface area contributed by atoms with Gasteiger partial charge in [-0.25, -0.2) is 4.79 Å². The molecule has 2 aliphatic rings. The minimum absolute atomic E-state index is 0.0178. The maximum absolute atomic E-state index is 14.8. The minimum Gasteiger partial charge on any atom is -0.467 e. The van der Waals surface area contributed by atoms with E-state index < -0.39 is 52.8 Å². The van der Waals surface area contributed by atoms with Crippen LogP contribution in [0.1, 0.15) is 62.3 Å². The number of carbonyl (C=O) groups is 3. The highest BCUT2D eigenvalue weighted by molar-refractivity contribution is 5.89. The fraction of sp³-hybridized carbons (Fsp3) is 0.325. The second-order valence-corrected chi connectivity index (χ2v) is 13.7. The summed E-state index contributed by atoms with van der Waals surface area (Å²) in [4.78, 5) is 42.5. The van der Waals surface area contributed by atoms with Crippen LogP contribution in [0.25, 0.3) is 0 Å². The van der Waals surface area contributed by atoms with Crippen LogP contribution < -0.4 is 10.6 Å². The molecule has 0 unspecified atom stereocenters. The number of esters is 2. The molecule has 1 fully saturated rings. The standard InChI is InChI=1S/C40H43N3O6/c1-38(2,3)49-34(44)25-24-32(36(46)48-4)41-35(45)33-26-39(47)30-22-14-15-23-31(30)42-37(39)43(33)40(27-16-8-5-9-17-27,28-18-10-6-11-19-28)29-20-12-7-13-21-29/h5-23,32-33,37,42,47H,24-26H2,1-4H3,(H,41,45)/t32-,33-,37+,39-/m0/s1. The molecule has 2 aliphatic heterocycles. The van der Waals surface area contributed by atoms with Gasteiger partial charge in [-0.1, -0.05) is 109 Å². The molecule has 49 heavy (non-hydrogen) atoms. The SMILES string of the molecule is COC(=O)[C@H](CCC(=O)OC(C)(C)C)NC(=O)[C@@H]1C[C@]2(O)c3ccccc3N[C@@H]2N1C(c1ccccc1)(c1ccccc1)c1ccccc1. The van der Waals surface area contributed by atoms with Crippen LogP contribution in [-0.2, 0) is 35.0 Å². The van der Waals surface area contributed by atoms with Crippen LogP contribution in [-0.4, -0.2) is 58.8 Å². The Morgan fingerprint density at radius 1 is 0.857 bits per heavy atom. The average molecular weight is 662 g/mol. The van der Waals surface area contributed by atoms with Gasteiger partial charge >= 0.3 is 11.9 Å². The lowest BCUT2D eigenvalue weighted by Crippen LogP contribution is -2.61. The van der Waals surface area contributed by atoms with Gasteiger partial charge in [0.25, 0.3) is 0 Å². The molecule has 6 rings (SSSR count). The van der Waals surface area contributed by atoms with Gasteiger partial charge in [0.15, 0.2) is 0 Å². The topological polar surface area (TPSA) is 117 Å². The third-order valence-electron chi connectivity index (χ3n) is 9.38. The van der Waals surface area contributed by atoms with E-state index in [-0.39, 0.29) is 19.3 Å². The lowest BCUT2D eigenvalue weighted by molar-refractivity contribution is -0.155. The number of fused-ring (bicyclic) bond motifs is 3. The second kappa shape index (κ2) is 13.5. The molecule has 4 atom stereocenters. The molecule has 9 nitrogen and oxygen atoms in total. The van der Waals surface area contributed by atoms with Crippen molar-refractivity contribution in [3.63, 3.8) is 0 Å². The summed E-state index contributed by atoms with van der Waals surface area (Å²) in [6.07, 6.45) is -0.841. The number of hydrogen-bond donors (Lipinski definition) is 3. The highest BCUT2D eigenvalue weighted by Gasteiger charge is 2.64. The Morgan fingerprint density at radius 3 is 1.88 bits per heavy atom. The van der Waals surface area contributed by atoms with E-state index in [9.17, 15) is 19.5 Å². The van der Waals surface area contributed by atoms with Crippen LogP contribution in [0, 0.1) is 0 Å². The number of anilines is 1. The largest absolute Gasteiger partial charge is 0.467 e. The van der Waals surface area contributed by atoms with Crippen LogP contribution in [0.5, 0.6) is 0 Å². The lowest BCUT2D eigenvalue weighted by atomic mass is 9.74. The maximum atomic E-state index is 14.8. The molecular formula is C40H43N3O6. The first-order valence-corrected chi connectivity index (χ1v) is 16.6. The molecule has 0 spiro atoms. The van der Waals surface area contributed by atoms with Crippen molar-refractivity contribution in [2.24, 2.45) is 0 Å². The van der Waals surface area contributed by atoms with Gasteiger partial charge in [-0.15, -0.1) is 0 Å². The number of methoxy groups -OCH3 is 1. The van der Waals surface area contributed by atoms with Gasteiger partial charge in [-0.3, -0.25) is 14.5 Å². The monoisotopic (exact) mass is 661 g/mol. The van der Waals surface area contributed by atoms with Crippen molar-refractivity contribution >= 4 is 23.5 Å². The Labute approximate surface area is 287 Å². The number of amides is 1. The molecule has 0 radical (unpaired) electrons. The Morgan fingerprint density at radius 2 is 1.37 bits per heavy atom. The highest BCUT2D eigenvalue weighted by Crippen LogP contribution is 2.56. The van der Waals surface area contributed by atoms with Crippen molar-refractivity contribution in [1.82, 2.24) is 10.2 Å². The van der Waals surface area contributed by atoms with E-state index in [4.69, 9.17) is 9.47 Å². The number of aliphatic hydroxyl groups is 1. The Bertz CT molecular complexity index is 1700. The van der Waals surface area contributed by atoms with Gasteiger partial charge in [0.2, 0.25) is 5.91 Å². The first kappa shape index (κ1) is 33.9. The summed E-state index contributed by atoms with van der Waals surface area (Å²) in [6.45, 7) is 5.31. The minimum atomic E-state index is -1.47. The predicted molar refractivity (Wildman–Crippen MR) is 186 cm³/mol. The van der Waals surface area contributed by atoms with Crippen molar-refractivity contribution in [1.29, 1.82) is 0 Å². The van der Waals surface area contributed by atoms with Crippen LogP contribution in [0.3, 0.4) is 0 Å². The molecule has 254 valence electrons. The number of nitrogens with zero attached hydrogens (tertiary/aromatic N) is 1. The number of ether oxygens (including phenoxy) is 2. The molecule has 0 saturated carbocycles. The lowest BCUT2D eigenvalue weighted by Gasteiger charge is -2.48. The van der Waals surface area contributed by atoms with Gasteiger partial charge in [-0.05, 0) is 49.9 Å². The third-order valence-corrected chi connectivity index (χ3v) is 9.38. The molecular weight excluding hydrogens is 618 g/mol. The Kier molecular flexibility index (Phi) is 9.33. The number of para-hydroxylation sites is 1. The number of hydrogen-bond acceptors (Lipinski definition) is 8. The summed E-state index contributed by atoms with van der Waals surface area (Å²) in [5.41, 5.74) is 0.888. The van der Waals surface area contributed by atoms with Crippen molar-refractivity contribution in [3.05, 3.63) is 138 Å². The zero-order valence-electron chi connectivity index (χ0n) is 28.3. The number of benzene rings is 4. The van der Waals surface area contributed by atoms with E-state index in [0.29, 0.717) is 5.56 Å². The van der Waals surface area contributed by atoms with Gasteiger partial charge in [-0.2, -0.15) is 0 Å². The fourth-order valence-electron chi connectivity index (χ4n) is 7.44. The summed E-state index contributed by atoms with van der Waals surface area (Å²) in [5, 5.41) is 19.2. The molecule has 0 aliphatic carbocycles. The fourth-order valence-corrected chi connectivity index (χ4v) is 7.44. The van der Waals surface area contributed by atoms with E-state index in [2.05, 4.69) is 15.5 Å². The average Bonchev–Trinajstić information content (AvgIpc) is 3.56. The Balaban J connectivity index is 1.50. The first-order valence-electron chi connectivity index (χ1n) is 16.6. The van der Waals surface area contributed by atoms with Gasteiger partial charge in [0, 0.05) is 24.1 Å². The summed E-state index contributed by atoms with van der Waals surface area (Å²) in [7, 11) is 1.25. The van der Waals surface area contributed by atoms with E-state index in [1.54, 1.807) is 20.8 Å². The molecule has 2 heterocycles. The van der Waals surface area contributed by atoms with E-state index >= 15 is 0 Å². The van der Waals surface area contributed by atoms with Gasteiger partial charge in [0.05, 0.1) is 18.7 Å². The second-order valence-electron chi connectivity index (χ2n) is 13.7. The highest BCUT2D eigenvalue weighted by atomic mass is 16.6. The molecule has 0 bridgehead atoms. The summed E-state index contributed by atoms with van der Waals surface area (Å²) < 4.78 is 10.5. The number of nitrogens with one attached hydrogen (secondary N) is 2. The van der Waals surface area contributed by atoms with E-state index in [0.717, 1.165) is 22.4 Å². The molecule has 4 aromatic carbocycles. The zero-order valence-corrected chi connectivity index (χ0v) is 28.3. The zero-order chi connectivity index (χ0) is 34.8. The predicted octanol–water partition coefficient (Wildman–Crippen LogP) is 5.47. The normalized spacial score (nSPS) is 20.8. The summed E-state index contributed by atoms with van der Waals surface area (Å²) in [5.74, 6) is -1.64.